The van der Waals surface area contributed by atoms with Crippen molar-refractivity contribution in [3.8, 4) is 0 Å². The highest BCUT2D eigenvalue weighted by molar-refractivity contribution is 5.94. The van der Waals surface area contributed by atoms with E-state index in [1.54, 1.807) is 37.5 Å². The van der Waals surface area contributed by atoms with Crippen molar-refractivity contribution in [2.45, 2.75) is 6.04 Å². The number of carbonyl (C=O) groups is 1. The van der Waals surface area contributed by atoms with Gasteiger partial charge in [0.15, 0.2) is 0 Å². The number of aromatic amines is 1. The smallest absolute Gasteiger partial charge is 0.255 e. The van der Waals surface area contributed by atoms with E-state index in [1.807, 2.05) is 6.07 Å². The molecule has 0 saturated heterocycles. The van der Waals surface area contributed by atoms with Gasteiger partial charge in [0.05, 0.1) is 17.3 Å². The van der Waals surface area contributed by atoms with Crippen LogP contribution in [0.1, 0.15) is 27.7 Å². The standard InChI is InChI=1S/C19H16FN3O2/c1-23(19(25)14-8-9-17(24)22-12-14)18(16-7-2-3-10-21-16)13-5-4-6-15(20)11-13/h2-12,18H,1H3,(H,22,24)/t18-/m1/s1. The first-order valence-electron chi connectivity index (χ1n) is 7.68. The van der Waals surface area contributed by atoms with Crippen molar-refractivity contribution >= 4 is 5.91 Å². The normalized spacial score (nSPS) is 11.8. The Morgan fingerprint density at radius 3 is 2.64 bits per heavy atom. The Morgan fingerprint density at radius 2 is 2.00 bits per heavy atom. The lowest BCUT2D eigenvalue weighted by molar-refractivity contribution is 0.0752. The summed E-state index contributed by atoms with van der Waals surface area (Å²) in [5.74, 6) is -0.695. The molecule has 0 aliphatic carbocycles. The van der Waals surface area contributed by atoms with Gasteiger partial charge in [-0.3, -0.25) is 14.6 Å². The summed E-state index contributed by atoms with van der Waals surface area (Å²) in [6.07, 6.45) is 2.99. The largest absolute Gasteiger partial charge is 0.329 e. The fraction of sp³-hybridized carbons (Fsp3) is 0.105. The van der Waals surface area contributed by atoms with E-state index >= 15 is 0 Å². The molecule has 0 aliphatic rings. The van der Waals surface area contributed by atoms with Crippen molar-refractivity contribution in [3.63, 3.8) is 0 Å². The Morgan fingerprint density at radius 1 is 1.16 bits per heavy atom. The van der Waals surface area contributed by atoms with E-state index in [2.05, 4.69) is 9.97 Å². The molecular formula is C19H16FN3O2. The van der Waals surface area contributed by atoms with Crippen molar-refractivity contribution in [1.29, 1.82) is 0 Å². The summed E-state index contributed by atoms with van der Waals surface area (Å²) in [5, 5.41) is 0. The van der Waals surface area contributed by atoms with Gasteiger partial charge in [0, 0.05) is 25.5 Å². The second-order valence-corrected chi connectivity index (χ2v) is 5.57. The fourth-order valence-corrected chi connectivity index (χ4v) is 2.67. The van der Waals surface area contributed by atoms with E-state index < -0.39 is 6.04 Å². The molecule has 3 rings (SSSR count). The SMILES string of the molecule is CN(C(=O)c1ccc(=O)[nH]c1)[C@H](c1cccc(F)c1)c1ccccn1. The van der Waals surface area contributed by atoms with Gasteiger partial charge in [0.2, 0.25) is 5.56 Å². The number of hydrogen-bond donors (Lipinski definition) is 1. The second-order valence-electron chi connectivity index (χ2n) is 5.57. The lowest BCUT2D eigenvalue weighted by atomic mass is 10.0. The van der Waals surface area contributed by atoms with Crippen molar-refractivity contribution in [2.24, 2.45) is 0 Å². The van der Waals surface area contributed by atoms with Gasteiger partial charge in [0.1, 0.15) is 5.82 Å². The zero-order valence-corrected chi connectivity index (χ0v) is 13.5. The third-order valence-electron chi connectivity index (χ3n) is 3.87. The van der Waals surface area contributed by atoms with Crippen LogP contribution in [0.15, 0.2) is 71.8 Å². The number of carbonyl (C=O) groups excluding carboxylic acids is 1. The van der Waals surface area contributed by atoms with Crippen molar-refractivity contribution in [3.05, 3.63) is 100.0 Å². The molecule has 0 saturated carbocycles. The highest BCUT2D eigenvalue weighted by atomic mass is 19.1. The quantitative estimate of drug-likeness (QED) is 0.796. The molecule has 0 radical (unpaired) electrons. The molecule has 0 bridgehead atoms. The third kappa shape index (κ3) is 3.63. The number of rotatable bonds is 4. The maximum absolute atomic E-state index is 13.7. The Labute approximate surface area is 143 Å². The minimum absolute atomic E-state index is 0.286. The summed E-state index contributed by atoms with van der Waals surface area (Å²) in [4.78, 5) is 32.3. The van der Waals surface area contributed by atoms with Crippen LogP contribution in [-0.2, 0) is 0 Å². The second kappa shape index (κ2) is 7.09. The average Bonchev–Trinajstić information content (AvgIpc) is 2.63. The van der Waals surface area contributed by atoms with Crippen molar-refractivity contribution in [2.75, 3.05) is 7.05 Å². The monoisotopic (exact) mass is 337 g/mol. The van der Waals surface area contributed by atoms with Crippen LogP contribution >= 0.6 is 0 Å². The molecule has 5 nitrogen and oxygen atoms in total. The van der Waals surface area contributed by atoms with Gasteiger partial charge in [-0.05, 0) is 35.9 Å². The summed E-state index contributed by atoms with van der Waals surface area (Å²) in [6.45, 7) is 0. The van der Waals surface area contributed by atoms with Gasteiger partial charge in [-0.25, -0.2) is 4.39 Å². The number of amides is 1. The van der Waals surface area contributed by atoms with Gasteiger partial charge in [0.25, 0.3) is 5.91 Å². The Kier molecular flexibility index (Phi) is 4.70. The molecule has 0 spiro atoms. The van der Waals surface area contributed by atoms with Gasteiger partial charge >= 0.3 is 0 Å². The summed E-state index contributed by atoms with van der Waals surface area (Å²) < 4.78 is 13.7. The van der Waals surface area contributed by atoms with Crippen LogP contribution in [-0.4, -0.2) is 27.8 Å². The van der Waals surface area contributed by atoms with Crippen LogP contribution in [0.3, 0.4) is 0 Å². The maximum Gasteiger partial charge on any atom is 0.255 e. The van der Waals surface area contributed by atoms with E-state index in [1.165, 1.54) is 35.4 Å². The number of aromatic nitrogens is 2. The Bertz CT molecular complexity index is 920. The van der Waals surface area contributed by atoms with E-state index in [4.69, 9.17) is 0 Å². The molecule has 0 unspecified atom stereocenters. The first kappa shape index (κ1) is 16.6. The van der Waals surface area contributed by atoms with E-state index in [-0.39, 0.29) is 17.3 Å². The molecular weight excluding hydrogens is 321 g/mol. The molecule has 0 fully saturated rings. The molecule has 1 aromatic carbocycles. The fourth-order valence-electron chi connectivity index (χ4n) is 2.67. The summed E-state index contributed by atoms with van der Waals surface area (Å²) in [6, 6.07) is 13.6. The zero-order valence-electron chi connectivity index (χ0n) is 13.5. The van der Waals surface area contributed by atoms with Gasteiger partial charge in [-0.15, -0.1) is 0 Å². The Balaban J connectivity index is 2.03. The van der Waals surface area contributed by atoms with E-state index in [0.717, 1.165) is 0 Å². The predicted molar refractivity (Wildman–Crippen MR) is 91.6 cm³/mol. The number of pyridine rings is 2. The Hall–Kier alpha value is -3.28. The van der Waals surface area contributed by atoms with Crippen molar-refractivity contribution < 1.29 is 9.18 Å². The van der Waals surface area contributed by atoms with Crippen LogP contribution in [0.5, 0.6) is 0 Å². The molecule has 2 aromatic heterocycles. The lowest BCUT2D eigenvalue weighted by Crippen LogP contribution is -2.33. The van der Waals surface area contributed by atoms with Gasteiger partial charge in [-0.1, -0.05) is 18.2 Å². The molecule has 2 heterocycles. The van der Waals surface area contributed by atoms with Crippen LogP contribution in [0.25, 0.3) is 0 Å². The van der Waals surface area contributed by atoms with Crippen LogP contribution < -0.4 is 5.56 Å². The molecule has 25 heavy (non-hydrogen) atoms. The van der Waals surface area contributed by atoms with Gasteiger partial charge < -0.3 is 9.88 Å². The number of hydrogen-bond acceptors (Lipinski definition) is 3. The third-order valence-corrected chi connectivity index (χ3v) is 3.87. The number of halogens is 1. The van der Waals surface area contributed by atoms with E-state index in [9.17, 15) is 14.0 Å². The summed E-state index contributed by atoms with van der Waals surface area (Å²) >= 11 is 0. The molecule has 3 aromatic rings. The average molecular weight is 337 g/mol. The number of nitrogens with one attached hydrogen (secondary N) is 1. The van der Waals surface area contributed by atoms with Crippen LogP contribution in [0.4, 0.5) is 4.39 Å². The number of nitrogens with zero attached hydrogens (tertiary/aromatic N) is 2. The van der Waals surface area contributed by atoms with Crippen molar-refractivity contribution in [1.82, 2.24) is 14.9 Å². The molecule has 1 atom stereocenters. The summed E-state index contributed by atoms with van der Waals surface area (Å²) in [5.41, 5.74) is 1.28. The highest BCUT2D eigenvalue weighted by Crippen LogP contribution is 2.27. The minimum Gasteiger partial charge on any atom is -0.329 e. The highest BCUT2D eigenvalue weighted by Gasteiger charge is 2.25. The lowest BCUT2D eigenvalue weighted by Gasteiger charge is -2.28. The zero-order chi connectivity index (χ0) is 17.8. The van der Waals surface area contributed by atoms with Gasteiger partial charge in [-0.2, -0.15) is 0 Å². The first-order chi connectivity index (χ1) is 12.1. The number of H-pyrrole nitrogens is 1. The molecule has 0 aliphatic heterocycles. The summed E-state index contributed by atoms with van der Waals surface area (Å²) in [7, 11) is 1.62. The number of benzene rings is 1. The minimum atomic E-state index is -0.559. The van der Waals surface area contributed by atoms with Crippen LogP contribution in [0.2, 0.25) is 0 Å². The molecule has 1 N–H and O–H groups in total. The van der Waals surface area contributed by atoms with E-state index in [0.29, 0.717) is 16.8 Å². The first-order valence-corrected chi connectivity index (χ1v) is 7.68. The van der Waals surface area contributed by atoms with Crippen LogP contribution in [0, 0.1) is 5.82 Å². The topological polar surface area (TPSA) is 66.1 Å². The maximum atomic E-state index is 13.7. The molecule has 126 valence electrons. The molecule has 1 amide bonds. The predicted octanol–water partition coefficient (Wildman–Crippen LogP) is 2.77. The molecule has 6 heteroatoms.